The van der Waals surface area contributed by atoms with Crippen LogP contribution in [0.5, 0.6) is 0 Å². The SMILES string of the molecule is COC(C)OCC(=O)OC(=O)COC(C)OC. The molecule has 2 atom stereocenters. The highest BCUT2D eigenvalue weighted by Crippen LogP contribution is 1.94. The van der Waals surface area contributed by atoms with Gasteiger partial charge in [-0.2, -0.15) is 0 Å². The molecule has 0 aromatic rings. The van der Waals surface area contributed by atoms with Crippen LogP contribution < -0.4 is 0 Å². The number of rotatable bonds is 8. The average molecular weight is 250 g/mol. The zero-order valence-electron chi connectivity index (χ0n) is 10.4. The lowest BCUT2D eigenvalue weighted by atomic mass is 10.6. The highest BCUT2D eigenvalue weighted by Gasteiger charge is 2.13. The molecule has 0 aromatic heterocycles. The first-order valence-electron chi connectivity index (χ1n) is 5.01. The Bertz CT molecular complexity index is 217. The number of carbonyl (C=O) groups is 2. The molecular weight excluding hydrogens is 232 g/mol. The van der Waals surface area contributed by atoms with Gasteiger partial charge in [0.05, 0.1) is 0 Å². The molecule has 0 aliphatic rings. The number of esters is 2. The molecule has 0 aliphatic heterocycles. The fraction of sp³-hybridized carbons (Fsp3) is 0.800. The molecule has 0 N–H and O–H groups in total. The van der Waals surface area contributed by atoms with Crippen molar-refractivity contribution in [2.75, 3.05) is 27.4 Å². The van der Waals surface area contributed by atoms with Crippen molar-refractivity contribution in [1.29, 1.82) is 0 Å². The first-order chi connectivity index (χ1) is 7.99. The number of hydrogen-bond acceptors (Lipinski definition) is 7. The molecule has 0 saturated carbocycles. The lowest BCUT2D eigenvalue weighted by molar-refractivity contribution is -0.179. The van der Waals surface area contributed by atoms with Crippen molar-refractivity contribution in [3.05, 3.63) is 0 Å². The molecule has 2 unspecified atom stereocenters. The molecule has 17 heavy (non-hydrogen) atoms. The molecule has 0 rings (SSSR count). The van der Waals surface area contributed by atoms with Crippen LogP contribution in [0.25, 0.3) is 0 Å². The Balaban J connectivity index is 3.69. The van der Waals surface area contributed by atoms with Crippen molar-refractivity contribution >= 4 is 11.9 Å². The molecule has 0 bridgehead atoms. The second-order valence-electron chi connectivity index (χ2n) is 3.07. The summed E-state index contributed by atoms with van der Waals surface area (Å²) in [5.41, 5.74) is 0. The molecule has 0 radical (unpaired) electrons. The summed E-state index contributed by atoms with van der Waals surface area (Å²) >= 11 is 0. The van der Waals surface area contributed by atoms with E-state index in [1.54, 1.807) is 13.8 Å². The summed E-state index contributed by atoms with van der Waals surface area (Å²) < 4.78 is 23.7. The highest BCUT2D eigenvalue weighted by atomic mass is 16.7. The van der Waals surface area contributed by atoms with E-state index in [1.807, 2.05) is 0 Å². The van der Waals surface area contributed by atoms with Crippen molar-refractivity contribution in [3.8, 4) is 0 Å². The minimum atomic E-state index is -0.799. The van der Waals surface area contributed by atoms with Crippen LogP contribution in [0, 0.1) is 0 Å². The Morgan fingerprint density at radius 1 is 0.882 bits per heavy atom. The third kappa shape index (κ3) is 8.75. The molecule has 0 spiro atoms. The smallest absolute Gasteiger partial charge is 0.339 e. The number of ether oxygens (including phenoxy) is 5. The first kappa shape index (κ1) is 16.0. The zero-order chi connectivity index (χ0) is 13.3. The number of carbonyl (C=O) groups excluding carboxylic acids is 2. The second-order valence-corrected chi connectivity index (χ2v) is 3.07. The summed E-state index contributed by atoms with van der Waals surface area (Å²) in [7, 11) is 2.86. The maximum absolute atomic E-state index is 11.1. The van der Waals surface area contributed by atoms with Crippen LogP contribution in [0.3, 0.4) is 0 Å². The van der Waals surface area contributed by atoms with Gasteiger partial charge in [0.2, 0.25) is 0 Å². The summed E-state index contributed by atoms with van der Waals surface area (Å²) in [4.78, 5) is 22.2. The Kier molecular flexibility index (Phi) is 8.51. The summed E-state index contributed by atoms with van der Waals surface area (Å²) in [6.07, 6.45) is -1.08. The summed E-state index contributed by atoms with van der Waals surface area (Å²) in [6.45, 7) is 2.50. The van der Waals surface area contributed by atoms with Crippen LogP contribution in [-0.2, 0) is 33.3 Å². The van der Waals surface area contributed by atoms with Crippen LogP contribution in [0.15, 0.2) is 0 Å². The number of methoxy groups -OCH3 is 2. The Morgan fingerprint density at radius 2 is 1.24 bits per heavy atom. The second kappa shape index (κ2) is 9.06. The fourth-order valence-corrected chi connectivity index (χ4v) is 0.693. The van der Waals surface area contributed by atoms with Gasteiger partial charge in [0.15, 0.2) is 12.6 Å². The maximum atomic E-state index is 11.1. The molecule has 0 aliphatic carbocycles. The van der Waals surface area contributed by atoms with Crippen molar-refractivity contribution in [3.63, 3.8) is 0 Å². The van der Waals surface area contributed by atoms with E-state index in [-0.39, 0.29) is 13.2 Å². The summed E-state index contributed by atoms with van der Waals surface area (Å²) in [6, 6.07) is 0. The molecule has 0 aromatic carbocycles. The van der Waals surface area contributed by atoms with Gasteiger partial charge < -0.3 is 23.7 Å². The summed E-state index contributed by atoms with van der Waals surface area (Å²) in [5, 5.41) is 0. The molecule has 0 saturated heterocycles. The van der Waals surface area contributed by atoms with Crippen molar-refractivity contribution in [1.82, 2.24) is 0 Å². The minimum absolute atomic E-state index is 0.361. The molecule has 7 nitrogen and oxygen atoms in total. The van der Waals surface area contributed by atoms with E-state index in [2.05, 4.69) is 4.74 Å². The van der Waals surface area contributed by atoms with Crippen LogP contribution in [-0.4, -0.2) is 52.0 Å². The van der Waals surface area contributed by atoms with Crippen LogP contribution in [0.2, 0.25) is 0 Å². The van der Waals surface area contributed by atoms with Gasteiger partial charge >= 0.3 is 11.9 Å². The predicted octanol–water partition coefficient (Wildman–Crippen LogP) is 0.0742. The van der Waals surface area contributed by atoms with Crippen LogP contribution in [0.4, 0.5) is 0 Å². The maximum Gasteiger partial charge on any atom is 0.339 e. The van der Waals surface area contributed by atoms with Crippen molar-refractivity contribution in [2.45, 2.75) is 26.4 Å². The van der Waals surface area contributed by atoms with Crippen molar-refractivity contribution < 1.29 is 33.3 Å². The van der Waals surface area contributed by atoms with Gasteiger partial charge in [0.25, 0.3) is 0 Å². The fourth-order valence-electron chi connectivity index (χ4n) is 0.693. The minimum Gasteiger partial charge on any atom is -0.390 e. The van der Waals surface area contributed by atoms with E-state index in [1.165, 1.54) is 14.2 Å². The topological polar surface area (TPSA) is 80.3 Å². The molecular formula is C10H18O7. The molecule has 0 fully saturated rings. The lowest BCUT2D eigenvalue weighted by Gasteiger charge is -2.11. The van der Waals surface area contributed by atoms with Crippen LogP contribution in [0.1, 0.15) is 13.8 Å². The monoisotopic (exact) mass is 250 g/mol. The number of hydrogen-bond donors (Lipinski definition) is 0. The van der Waals surface area contributed by atoms with E-state index in [0.717, 1.165) is 0 Å². The van der Waals surface area contributed by atoms with E-state index in [9.17, 15) is 9.59 Å². The third-order valence-electron chi connectivity index (χ3n) is 1.76. The van der Waals surface area contributed by atoms with Gasteiger partial charge in [0.1, 0.15) is 13.2 Å². The zero-order valence-corrected chi connectivity index (χ0v) is 10.4. The van der Waals surface area contributed by atoms with Gasteiger partial charge in [-0.1, -0.05) is 0 Å². The summed E-state index contributed by atoms with van der Waals surface area (Å²) in [5.74, 6) is -1.60. The van der Waals surface area contributed by atoms with E-state index in [4.69, 9.17) is 18.9 Å². The molecule has 100 valence electrons. The standard InChI is InChI=1S/C10H18O7/c1-7(13-3)15-5-9(11)17-10(12)6-16-8(2)14-4/h7-8H,5-6H2,1-4H3. The average Bonchev–Trinajstić information content (AvgIpc) is 2.32. The van der Waals surface area contributed by atoms with Gasteiger partial charge in [-0.05, 0) is 13.8 Å². The molecule has 0 amide bonds. The Labute approximate surface area is 99.9 Å². The quantitative estimate of drug-likeness (QED) is 0.342. The normalized spacial score (nSPS) is 14.1. The van der Waals surface area contributed by atoms with Gasteiger partial charge in [-0.25, -0.2) is 9.59 Å². The largest absolute Gasteiger partial charge is 0.390 e. The van der Waals surface area contributed by atoms with Gasteiger partial charge in [-0.3, -0.25) is 0 Å². The first-order valence-corrected chi connectivity index (χ1v) is 5.01. The van der Waals surface area contributed by atoms with E-state index < -0.39 is 24.5 Å². The highest BCUT2D eigenvalue weighted by molar-refractivity contribution is 5.86. The van der Waals surface area contributed by atoms with Gasteiger partial charge in [0, 0.05) is 14.2 Å². The molecule has 0 heterocycles. The van der Waals surface area contributed by atoms with Crippen molar-refractivity contribution in [2.24, 2.45) is 0 Å². The van der Waals surface area contributed by atoms with Crippen LogP contribution >= 0.6 is 0 Å². The lowest BCUT2D eigenvalue weighted by Crippen LogP contribution is -2.25. The van der Waals surface area contributed by atoms with E-state index in [0.29, 0.717) is 0 Å². The molecule has 7 heteroatoms. The third-order valence-corrected chi connectivity index (χ3v) is 1.76. The Morgan fingerprint density at radius 3 is 1.53 bits per heavy atom. The Hall–Kier alpha value is -1.02. The van der Waals surface area contributed by atoms with E-state index >= 15 is 0 Å². The predicted molar refractivity (Wildman–Crippen MR) is 55.9 cm³/mol. The van der Waals surface area contributed by atoms with Gasteiger partial charge in [-0.15, -0.1) is 0 Å².